The number of aryl methyl sites for hydroxylation is 1. The lowest BCUT2D eigenvalue weighted by Gasteiger charge is -2.11. The molecule has 1 N–H and O–H groups in total. The number of carbonyl (C=O) groups excluding carboxylic acids is 2. The van der Waals surface area contributed by atoms with Crippen molar-refractivity contribution in [3.63, 3.8) is 0 Å². The van der Waals surface area contributed by atoms with Crippen LogP contribution in [0.15, 0.2) is 88.6 Å². The molecule has 0 aliphatic carbocycles. The minimum atomic E-state index is -4.24. The first-order valence-corrected chi connectivity index (χ1v) is 12.8. The van der Waals surface area contributed by atoms with Crippen LogP contribution >= 0.6 is 0 Å². The normalized spacial score (nSPS) is 11.2. The predicted octanol–water partition coefficient (Wildman–Crippen LogP) is 3.63. The largest absolute Gasteiger partial charge is 0.454 e. The Bertz CT molecular complexity index is 1640. The molecule has 1 aromatic heterocycles. The highest BCUT2D eigenvalue weighted by molar-refractivity contribution is 7.92. The maximum atomic E-state index is 13.2. The fourth-order valence-corrected chi connectivity index (χ4v) is 4.93. The van der Waals surface area contributed by atoms with Gasteiger partial charge < -0.3 is 4.74 Å². The van der Waals surface area contributed by atoms with Gasteiger partial charge in [0.15, 0.2) is 12.4 Å². The molecule has 9 nitrogen and oxygen atoms in total. The van der Waals surface area contributed by atoms with Crippen LogP contribution in [0.3, 0.4) is 0 Å². The lowest BCUT2D eigenvalue weighted by molar-refractivity contribution is 0.0473. The number of ether oxygens (including phenoxy) is 1. The number of carbonyl (C=O) groups is 2. The van der Waals surface area contributed by atoms with Crippen LogP contribution in [0.5, 0.6) is 0 Å². The number of rotatable bonds is 8. The highest BCUT2D eigenvalue weighted by Crippen LogP contribution is 2.21. The number of Topliss-reactive ketones (excluding diaryl/α,β-unsaturated/α-hetero) is 1. The Morgan fingerprint density at radius 1 is 0.919 bits per heavy atom. The molecule has 1 heterocycles. The fourth-order valence-electron chi connectivity index (χ4n) is 3.78. The van der Waals surface area contributed by atoms with E-state index >= 15 is 0 Å². The van der Waals surface area contributed by atoms with E-state index in [0.717, 1.165) is 0 Å². The highest BCUT2D eigenvalue weighted by Gasteiger charge is 2.24. The number of hydrogen-bond acceptors (Lipinski definition) is 6. The van der Waals surface area contributed by atoms with Crippen LogP contribution in [0.1, 0.15) is 32.0 Å². The van der Waals surface area contributed by atoms with Crippen LogP contribution in [0.25, 0.3) is 5.69 Å². The van der Waals surface area contributed by atoms with Crippen LogP contribution in [0, 0.1) is 13.8 Å². The third-order valence-electron chi connectivity index (χ3n) is 5.96. The Hall–Kier alpha value is -4.44. The first kappa shape index (κ1) is 25.6. The van der Waals surface area contributed by atoms with Crippen LogP contribution in [0.2, 0.25) is 0 Å². The maximum Gasteiger partial charge on any atom is 0.338 e. The van der Waals surface area contributed by atoms with Crippen LogP contribution in [-0.4, -0.2) is 36.1 Å². The van der Waals surface area contributed by atoms with Gasteiger partial charge in [-0.1, -0.05) is 54.6 Å². The lowest BCUT2D eigenvalue weighted by Crippen LogP contribution is -2.23. The minimum absolute atomic E-state index is 0.00443. The SMILES string of the molecule is Cc1ccc(S(=O)(=O)Nc2c(C)n(C)n(-c3ccccc3)c2=O)cc1C(=O)OCC(=O)c1ccccc1. The predicted molar refractivity (Wildman–Crippen MR) is 139 cm³/mol. The van der Waals surface area contributed by atoms with Gasteiger partial charge in [-0.2, -0.15) is 0 Å². The zero-order valence-corrected chi connectivity index (χ0v) is 21.3. The number of ketones is 1. The monoisotopic (exact) mass is 519 g/mol. The lowest BCUT2D eigenvalue weighted by atomic mass is 10.1. The summed E-state index contributed by atoms with van der Waals surface area (Å²) >= 11 is 0. The van der Waals surface area contributed by atoms with Crippen LogP contribution in [0.4, 0.5) is 5.69 Å². The number of esters is 1. The summed E-state index contributed by atoms with van der Waals surface area (Å²) in [6.45, 7) is 2.76. The summed E-state index contributed by atoms with van der Waals surface area (Å²) in [5.41, 5.74) is 1.20. The molecule has 0 spiro atoms. The van der Waals surface area contributed by atoms with E-state index < -0.39 is 28.2 Å². The average Bonchev–Trinajstić information content (AvgIpc) is 3.10. The topological polar surface area (TPSA) is 116 Å². The van der Waals surface area contributed by atoms with Crippen LogP contribution in [-0.2, 0) is 21.8 Å². The first-order chi connectivity index (χ1) is 17.6. The molecule has 0 amide bonds. The summed E-state index contributed by atoms with van der Waals surface area (Å²) in [4.78, 5) is 37.9. The molecule has 0 unspecified atom stereocenters. The van der Waals surface area contributed by atoms with E-state index in [1.54, 1.807) is 80.2 Å². The van der Waals surface area contributed by atoms with Crippen molar-refractivity contribution in [3.05, 3.63) is 112 Å². The van der Waals surface area contributed by atoms with Gasteiger partial charge in [0.2, 0.25) is 0 Å². The molecule has 0 radical (unpaired) electrons. The van der Waals surface area contributed by atoms with Gasteiger partial charge in [-0.15, -0.1) is 0 Å². The van der Waals surface area contributed by atoms with E-state index in [-0.39, 0.29) is 21.9 Å². The van der Waals surface area contributed by atoms with Gasteiger partial charge in [0, 0.05) is 12.6 Å². The Morgan fingerprint density at radius 2 is 1.54 bits per heavy atom. The molecule has 0 saturated heterocycles. The van der Waals surface area contributed by atoms with Gasteiger partial charge in [-0.05, 0) is 43.7 Å². The van der Waals surface area contributed by atoms with E-state index in [4.69, 9.17) is 4.74 Å². The second kappa shape index (κ2) is 10.3. The molecule has 0 saturated carbocycles. The Kier molecular flexibility index (Phi) is 7.12. The summed E-state index contributed by atoms with van der Waals surface area (Å²) in [7, 11) is -2.59. The van der Waals surface area contributed by atoms with E-state index in [0.29, 0.717) is 22.5 Å². The van der Waals surface area contributed by atoms with Gasteiger partial charge in [-0.25, -0.2) is 17.9 Å². The zero-order chi connectivity index (χ0) is 26.7. The molecule has 0 bridgehead atoms. The van der Waals surface area contributed by atoms with Crippen molar-refractivity contribution in [3.8, 4) is 5.69 Å². The molecule has 10 heteroatoms. The van der Waals surface area contributed by atoms with Gasteiger partial charge in [0.1, 0.15) is 5.69 Å². The molecule has 0 aliphatic heterocycles. The number of anilines is 1. The molecule has 0 aliphatic rings. The number of aromatic nitrogens is 2. The fraction of sp³-hybridized carbons (Fsp3) is 0.148. The standard InChI is InChI=1S/C27H25N3O6S/c1-18-14-15-22(16-23(18)27(33)36-17-24(31)20-10-6-4-7-11-20)37(34,35)28-25-19(2)29(3)30(26(25)32)21-12-8-5-9-13-21/h4-16,28H,17H2,1-3H3. The van der Waals surface area contributed by atoms with Crippen molar-refractivity contribution in [2.24, 2.45) is 7.05 Å². The zero-order valence-electron chi connectivity index (χ0n) is 20.5. The summed E-state index contributed by atoms with van der Waals surface area (Å²) in [5, 5.41) is 0. The second-order valence-corrected chi connectivity index (χ2v) is 10.1. The van der Waals surface area contributed by atoms with Crippen molar-refractivity contribution in [2.45, 2.75) is 18.7 Å². The van der Waals surface area contributed by atoms with Gasteiger partial charge in [-0.3, -0.25) is 19.0 Å². The number of nitrogens with one attached hydrogen (secondary N) is 1. The van der Waals surface area contributed by atoms with Crippen molar-refractivity contribution >= 4 is 27.5 Å². The minimum Gasteiger partial charge on any atom is -0.454 e. The van der Waals surface area contributed by atoms with Crippen molar-refractivity contribution < 1.29 is 22.7 Å². The Balaban J connectivity index is 1.59. The summed E-state index contributed by atoms with van der Waals surface area (Å²) in [6, 6.07) is 21.2. The number of nitrogens with zero attached hydrogens (tertiary/aromatic N) is 2. The van der Waals surface area contributed by atoms with Crippen molar-refractivity contribution in [2.75, 3.05) is 11.3 Å². The van der Waals surface area contributed by atoms with E-state index in [2.05, 4.69) is 4.72 Å². The summed E-state index contributed by atoms with van der Waals surface area (Å²) in [5.74, 6) is -1.22. The molecule has 4 aromatic rings. The molecule has 0 fully saturated rings. The summed E-state index contributed by atoms with van der Waals surface area (Å²) in [6.07, 6.45) is 0. The number of para-hydroxylation sites is 1. The highest BCUT2D eigenvalue weighted by atomic mass is 32.2. The Labute approximate surface area is 214 Å². The Morgan fingerprint density at radius 3 is 2.19 bits per heavy atom. The van der Waals surface area contributed by atoms with Crippen LogP contribution < -0.4 is 10.3 Å². The summed E-state index contributed by atoms with van der Waals surface area (Å²) < 4.78 is 36.9. The van der Waals surface area contributed by atoms with Gasteiger partial charge in [0.05, 0.1) is 21.8 Å². The first-order valence-electron chi connectivity index (χ1n) is 11.3. The van der Waals surface area contributed by atoms with Crippen molar-refractivity contribution in [1.29, 1.82) is 0 Å². The van der Waals surface area contributed by atoms with Gasteiger partial charge >= 0.3 is 5.97 Å². The molecule has 3 aromatic carbocycles. The molecular formula is C27H25N3O6S. The number of hydrogen-bond donors (Lipinski definition) is 1. The molecule has 37 heavy (non-hydrogen) atoms. The maximum absolute atomic E-state index is 13.2. The smallest absolute Gasteiger partial charge is 0.338 e. The molecular weight excluding hydrogens is 494 g/mol. The van der Waals surface area contributed by atoms with E-state index in [1.807, 2.05) is 6.07 Å². The van der Waals surface area contributed by atoms with Crippen molar-refractivity contribution in [1.82, 2.24) is 9.36 Å². The number of sulfonamides is 1. The average molecular weight is 520 g/mol. The second-order valence-electron chi connectivity index (χ2n) is 8.38. The van der Waals surface area contributed by atoms with E-state index in [1.165, 1.54) is 22.9 Å². The number of benzene rings is 3. The van der Waals surface area contributed by atoms with E-state index in [9.17, 15) is 22.8 Å². The molecule has 190 valence electrons. The van der Waals surface area contributed by atoms with Gasteiger partial charge in [0.25, 0.3) is 15.6 Å². The molecule has 0 atom stereocenters. The quantitative estimate of drug-likeness (QED) is 0.281. The third-order valence-corrected chi connectivity index (χ3v) is 7.31. The third kappa shape index (κ3) is 5.24. The molecule has 4 rings (SSSR count).